The van der Waals surface area contributed by atoms with Crippen LogP contribution in [0.3, 0.4) is 0 Å². The van der Waals surface area contributed by atoms with Crippen LogP contribution in [0.15, 0.2) is 41.8 Å². The molecule has 1 aliphatic carbocycles. The molecule has 0 amide bonds. The molecular formula is C16H16OS. The van der Waals surface area contributed by atoms with Crippen molar-refractivity contribution in [3.63, 3.8) is 0 Å². The monoisotopic (exact) mass is 256 g/mol. The van der Waals surface area contributed by atoms with Gasteiger partial charge < -0.3 is 0 Å². The summed E-state index contributed by atoms with van der Waals surface area (Å²) in [5, 5.41) is 1.97. The van der Waals surface area contributed by atoms with Gasteiger partial charge in [0.2, 0.25) is 0 Å². The second-order valence-corrected chi connectivity index (χ2v) is 5.84. The van der Waals surface area contributed by atoms with E-state index in [1.54, 1.807) is 11.3 Å². The third-order valence-corrected chi connectivity index (χ3v) is 4.63. The lowest BCUT2D eigenvalue weighted by Crippen LogP contribution is -2.13. The van der Waals surface area contributed by atoms with E-state index in [9.17, 15) is 4.79 Å². The fourth-order valence-electron chi connectivity index (χ4n) is 2.83. The number of hydrogen-bond donors (Lipinski definition) is 0. The molecule has 0 spiro atoms. The minimum absolute atomic E-state index is 0.298. The van der Waals surface area contributed by atoms with Crippen molar-refractivity contribution in [2.24, 2.45) is 0 Å². The van der Waals surface area contributed by atoms with Gasteiger partial charge in [-0.15, -0.1) is 11.3 Å². The van der Waals surface area contributed by atoms with Gasteiger partial charge in [-0.25, -0.2) is 0 Å². The predicted molar refractivity (Wildman–Crippen MR) is 75.4 cm³/mol. The van der Waals surface area contributed by atoms with Crippen LogP contribution >= 0.6 is 11.3 Å². The van der Waals surface area contributed by atoms with Crippen LogP contribution in [0.5, 0.6) is 0 Å². The minimum Gasteiger partial charge on any atom is -0.293 e. The largest absolute Gasteiger partial charge is 0.293 e. The van der Waals surface area contributed by atoms with Gasteiger partial charge in [-0.3, -0.25) is 4.79 Å². The Balaban J connectivity index is 1.80. The first-order valence-corrected chi connectivity index (χ1v) is 7.37. The highest BCUT2D eigenvalue weighted by Gasteiger charge is 2.22. The van der Waals surface area contributed by atoms with E-state index < -0.39 is 0 Å². The fourth-order valence-corrected chi connectivity index (χ4v) is 3.50. The van der Waals surface area contributed by atoms with Crippen molar-refractivity contribution in [3.05, 3.63) is 57.8 Å². The predicted octanol–water partition coefficient (Wildman–Crippen LogP) is 4.44. The molecule has 1 unspecified atom stereocenters. The molecule has 0 bridgehead atoms. The van der Waals surface area contributed by atoms with E-state index >= 15 is 0 Å². The first kappa shape index (κ1) is 11.7. The molecule has 3 rings (SSSR count). The van der Waals surface area contributed by atoms with Gasteiger partial charge in [0.05, 0.1) is 4.88 Å². The van der Waals surface area contributed by atoms with E-state index in [0.29, 0.717) is 18.1 Å². The third kappa shape index (κ3) is 2.25. The number of carbonyl (C=O) groups excluding carboxylic acids is 1. The molecule has 1 aromatic carbocycles. The maximum Gasteiger partial charge on any atom is 0.173 e. The van der Waals surface area contributed by atoms with Gasteiger partial charge in [-0.2, -0.15) is 0 Å². The zero-order chi connectivity index (χ0) is 12.4. The van der Waals surface area contributed by atoms with Crippen molar-refractivity contribution >= 4 is 17.1 Å². The Bertz CT molecular complexity index is 542. The highest BCUT2D eigenvalue weighted by atomic mass is 32.1. The van der Waals surface area contributed by atoms with Crippen molar-refractivity contribution in [3.8, 4) is 0 Å². The van der Waals surface area contributed by atoms with E-state index in [0.717, 1.165) is 11.3 Å². The summed E-state index contributed by atoms with van der Waals surface area (Å²) in [4.78, 5) is 13.1. The number of fused-ring (bicyclic) bond motifs is 1. The lowest BCUT2D eigenvalue weighted by atomic mass is 9.80. The number of ketones is 1. The molecule has 0 saturated heterocycles. The zero-order valence-corrected chi connectivity index (χ0v) is 11.1. The second kappa shape index (κ2) is 5.07. The van der Waals surface area contributed by atoms with Crippen LogP contribution in [0.1, 0.15) is 46.0 Å². The Labute approximate surface area is 111 Å². The number of Topliss-reactive ketones (excluding diaryl/α,β-unsaturated/α-hetero) is 1. The first-order chi connectivity index (χ1) is 8.84. The number of carbonyl (C=O) groups is 1. The lowest BCUT2D eigenvalue weighted by molar-refractivity contribution is 0.0975. The summed E-state index contributed by atoms with van der Waals surface area (Å²) in [6.45, 7) is 0. The topological polar surface area (TPSA) is 17.1 Å². The van der Waals surface area contributed by atoms with Crippen LogP contribution in [0.4, 0.5) is 0 Å². The summed E-state index contributed by atoms with van der Waals surface area (Å²) < 4.78 is 0. The molecule has 1 heterocycles. The summed E-state index contributed by atoms with van der Waals surface area (Å²) in [6.07, 6.45) is 4.19. The zero-order valence-electron chi connectivity index (χ0n) is 10.3. The molecule has 0 saturated carbocycles. The molecule has 1 aromatic heterocycles. The SMILES string of the molecule is O=C(CC1CCCc2ccccc21)c1cccs1. The van der Waals surface area contributed by atoms with Crippen molar-refractivity contribution in [2.75, 3.05) is 0 Å². The molecule has 92 valence electrons. The summed E-state index contributed by atoms with van der Waals surface area (Å²) in [5.74, 6) is 0.719. The van der Waals surface area contributed by atoms with Crippen molar-refractivity contribution in [1.29, 1.82) is 0 Å². The van der Waals surface area contributed by atoms with E-state index in [1.165, 1.54) is 24.0 Å². The molecule has 2 heteroatoms. The average molecular weight is 256 g/mol. The summed E-state index contributed by atoms with van der Waals surface area (Å²) in [7, 11) is 0. The van der Waals surface area contributed by atoms with Gasteiger partial charge in [0.15, 0.2) is 5.78 Å². The lowest BCUT2D eigenvalue weighted by Gasteiger charge is -2.24. The average Bonchev–Trinajstić information content (AvgIpc) is 2.93. The smallest absolute Gasteiger partial charge is 0.173 e. The van der Waals surface area contributed by atoms with Crippen molar-refractivity contribution in [2.45, 2.75) is 31.6 Å². The number of benzene rings is 1. The minimum atomic E-state index is 0.298. The van der Waals surface area contributed by atoms with E-state index in [4.69, 9.17) is 0 Å². The number of rotatable bonds is 3. The number of thiophene rings is 1. The Kier molecular flexibility index (Phi) is 3.28. The normalized spacial score (nSPS) is 18.3. The first-order valence-electron chi connectivity index (χ1n) is 6.49. The number of hydrogen-bond acceptors (Lipinski definition) is 2. The highest BCUT2D eigenvalue weighted by molar-refractivity contribution is 7.12. The second-order valence-electron chi connectivity index (χ2n) is 4.89. The van der Waals surface area contributed by atoms with Crippen LogP contribution < -0.4 is 0 Å². The number of aryl methyl sites for hydroxylation is 1. The Morgan fingerprint density at radius 1 is 1.22 bits per heavy atom. The third-order valence-electron chi connectivity index (χ3n) is 3.72. The molecule has 2 aromatic rings. The molecule has 0 fully saturated rings. The van der Waals surface area contributed by atoms with Gasteiger partial charge >= 0.3 is 0 Å². The highest BCUT2D eigenvalue weighted by Crippen LogP contribution is 2.34. The van der Waals surface area contributed by atoms with Crippen LogP contribution in [0, 0.1) is 0 Å². The Morgan fingerprint density at radius 2 is 2.11 bits per heavy atom. The van der Waals surface area contributed by atoms with Gasteiger partial charge in [0.25, 0.3) is 0 Å². The van der Waals surface area contributed by atoms with Gasteiger partial charge in [-0.1, -0.05) is 30.3 Å². The standard InChI is InChI=1S/C16H16OS/c17-15(16-9-4-10-18-16)11-13-7-3-6-12-5-1-2-8-14(12)13/h1-2,4-5,8-10,13H,3,6-7,11H2. The Hall–Kier alpha value is -1.41. The van der Waals surface area contributed by atoms with Crippen LogP contribution in [-0.4, -0.2) is 5.78 Å². The molecular weight excluding hydrogens is 240 g/mol. The molecule has 1 aliphatic rings. The van der Waals surface area contributed by atoms with Crippen LogP contribution in [0.2, 0.25) is 0 Å². The molecule has 1 nitrogen and oxygen atoms in total. The van der Waals surface area contributed by atoms with E-state index in [2.05, 4.69) is 24.3 Å². The van der Waals surface area contributed by atoms with E-state index in [-0.39, 0.29) is 0 Å². The van der Waals surface area contributed by atoms with Gasteiger partial charge in [-0.05, 0) is 47.8 Å². The molecule has 0 N–H and O–H groups in total. The summed E-state index contributed by atoms with van der Waals surface area (Å²) >= 11 is 1.55. The van der Waals surface area contributed by atoms with E-state index in [1.807, 2.05) is 17.5 Å². The summed E-state index contributed by atoms with van der Waals surface area (Å²) in [6, 6.07) is 12.5. The van der Waals surface area contributed by atoms with Crippen molar-refractivity contribution < 1.29 is 4.79 Å². The molecule has 1 atom stereocenters. The maximum atomic E-state index is 12.2. The quantitative estimate of drug-likeness (QED) is 0.742. The Morgan fingerprint density at radius 3 is 2.94 bits per heavy atom. The molecule has 0 radical (unpaired) electrons. The van der Waals surface area contributed by atoms with Crippen LogP contribution in [-0.2, 0) is 6.42 Å². The molecule has 0 aliphatic heterocycles. The summed E-state index contributed by atoms with van der Waals surface area (Å²) in [5.41, 5.74) is 2.83. The fraction of sp³-hybridized carbons (Fsp3) is 0.312. The molecule has 18 heavy (non-hydrogen) atoms. The van der Waals surface area contributed by atoms with Gasteiger partial charge in [0.1, 0.15) is 0 Å². The van der Waals surface area contributed by atoms with Crippen molar-refractivity contribution in [1.82, 2.24) is 0 Å². The van der Waals surface area contributed by atoms with Gasteiger partial charge in [0, 0.05) is 6.42 Å². The van der Waals surface area contributed by atoms with Crippen LogP contribution in [0.25, 0.3) is 0 Å². The maximum absolute atomic E-state index is 12.2.